The fourth-order valence-corrected chi connectivity index (χ4v) is 4.91. The fraction of sp³-hybridized carbons (Fsp3) is 0.485. The van der Waals surface area contributed by atoms with Gasteiger partial charge >= 0.3 is 0 Å². The fourth-order valence-electron chi connectivity index (χ4n) is 4.72. The predicted octanol–water partition coefficient (Wildman–Crippen LogP) is 4.74. The molecule has 2 aromatic carbocycles. The van der Waals surface area contributed by atoms with Gasteiger partial charge in [-0.05, 0) is 70.6 Å². The van der Waals surface area contributed by atoms with Gasteiger partial charge in [0.05, 0.1) is 23.7 Å². The number of rotatable bonds is 15. The number of piperidine rings is 1. The van der Waals surface area contributed by atoms with Gasteiger partial charge < -0.3 is 36.4 Å². The molecule has 1 aliphatic heterocycles. The minimum atomic E-state index is -0.477. The summed E-state index contributed by atoms with van der Waals surface area (Å²) in [6.45, 7) is 2.20. The van der Waals surface area contributed by atoms with Gasteiger partial charge in [0.1, 0.15) is 30.9 Å². The number of nitrogens with zero attached hydrogens (tertiary/aromatic N) is 3. The number of halogens is 2. The normalized spacial score (nSPS) is 14.2. The quantitative estimate of drug-likeness (QED) is 0.130. The molecule has 1 unspecified atom stereocenters. The molecule has 1 atom stereocenters. The molecule has 1 aromatic heterocycles. The number of nitrogens with two attached hydrogens (primary N) is 2. The highest BCUT2D eigenvalue weighted by Gasteiger charge is 2.23. The van der Waals surface area contributed by atoms with Crippen LogP contribution in [0.3, 0.4) is 0 Å². The second-order valence-corrected chi connectivity index (χ2v) is 11.3. The van der Waals surface area contributed by atoms with Crippen LogP contribution in [-0.4, -0.2) is 79.9 Å². The molecule has 0 spiro atoms. The van der Waals surface area contributed by atoms with Gasteiger partial charge in [-0.15, -0.1) is 0 Å². The van der Waals surface area contributed by atoms with E-state index >= 15 is 0 Å². The Balaban J connectivity index is 0.000000301. The summed E-state index contributed by atoms with van der Waals surface area (Å²) in [5.74, 6) is 0.837. The largest absolute Gasteiger partial charge is 0.493 e. The van der Waals surface area contributed by atoms with Crippen LogP contribution in [0.5, 0.6) is 11.5 Å². The third kappa shape index (κ3) is 14.1. The van der Waals surface area contributed by atoms with E-state index in [0.29, 0.717) is 54.5 Å². The molecule has 0 aliphatic carbocycles. The first-order chi connectivity index (χ1) is 22.6. The van der Waals surface area contributed by atoms with E-state index in [-0.39, 0.29) is 22.9 Å². The van der Waals surface area contributed by atoms with E-state index in [2.05, 4.69) is 20.6 Å². The summed E-state index contributed by atoms with van der Waals surface area (Å²) in [6, 6.07) is 7.98. The summed E-state index contributed by atoms with van der Waals surface area (Å²) in [7, 11) is 5.38. The van der Waals surface area contributed by atoms with Crippen molar-refractivity contribution in [3.05, 3.63) is 47.5 Å². The van der Waals surface area contributed by atoms with E-state index in [0.717, 1.165) is 56.7 Å². The van der Waals surface area contributed by atoms with Crippen LogP contribution in [0.15, 0.2) is 36.7 Å². The van der Waals surface area contributed by atoms with E-state index in [1.807, 2.05) is 25.1 Å². The molecule has 1 saturated heterocycles. The van der Waals surface area contributed by atoms with Gasteiger partial charge in [0.15, 0.2) is 11.5 Å². The molecule has 258 valence electrons. The molecule has 14 heteroatoms. The number of carbonyl (C=O) groups is 3. The number of hydrogen-bond acceptors (Lipinski definition) is 10. The lowest BCUT2D eigenvalue weighted by Crippen LogP contribution is -2.45. The second-order valence-electron chi connectivity index (χ2n) is 10.9. The summed E-state index contributed by atoms with van der Waals surface area (Å²) in [5, 5.41) is 6.93. The zero-order valence-electron chi connectivity index (χ0n) is 27.4. The van der Waals surface area contributed by atoms with Crippen LogP contribution >= 0.6 is 11.6 Å². The molecular weight excluding hydrogens is 629 g/mol. The first kappa shape index (κ1) is 39.1. The van der Waals surface area contributed by atoms with Crippen LogP contribution < -0.4 is 31.6 Å². The van der Waals surface area contributed by atoms with Crippen LogP contribution in [-0.2, 0) is 14.4 Å². The molecule has 3 aromatic rings. The molecule has 6 N–H and O–H groups in total. The number of carbonyl (C=O) groups excluding carboxylic acids is 3. The maximum Gasteiger partial charge on any atom is 0.234 e. The number of aldehydes is 1. The van der Waals surface area contributed by atoms with Gasteiger partial charge in [-0.2, -0.15) is 0 Å². The van der Waals surface area contributed by atoms with Gasteiger partial charge in [0.2, 0.25) is 11.8 Å². The van der Waals surface area contributed by atoms with Crippen molar-refractivity contribution in [2.24, 2.45) is 11.5 Å². The van der Waals surface area contributed by atoms with Gasteiger partial charge in [-0.3, -0.25) is 14.5 Å². The minimum Gasteiger partial charge on any atom is -0.493 e. The number of primary amides is 2. The molecule has 2 amide bonds. The van der Waals surface area contributed by atoms with Crippen molar-refractivity contribution in [2.75, 3.05) is 46.2 Å². The number of ether oxygens (including phenoxy) is 2. The highest BCUT2D eigenvalue weighted by atomic mass is 35.5. The third-order valence-corrected chi connectivity index (χ3v) is 7.60. The average molecular weight is 676 g/mol. The topological polar surface area (TPSA) is 175 Å². The number of unbranched alkanes of at least 4 members (excludes halogenated alkanes) is 4. The Hall–Kier alpha value is -4.07. The SMILES string of the molecule is CN1CCCCC1C(N)=O.CNCCOc1cc2c(Nc3ccc(F)c(Cl)c3)ncnc2cc1OC.NC(=O)CCCCCCC=O. The first-order valence-electron chi connectivity index (χ1n) is 15.6. The Labute approximate surface area is 280 Å². The van der Waals surface area contributed by atoms with E-state index in [1.54, 1.807) is 19.2 Å². The molecule has 12 nitrogen and oxygen atoms in total. The molecule has 47 heavy (non-hydrogen) atoms. The van der Waals surface area contributed by atoms with Crippen LogP contribution in [0.4, 0.5) is 15.9 Å². The molecule has 1 aliphatic rings. The lowest BCUT2D eigenvalue weighted by molar-refractivity contribution is -0.123. The van der Waals surface area contributed by atoms with Crippen molar-refractivity contribution in [2.45, 2.75) is 63.8 Å². The van der Waals surface area contributed by atoms with Crippen molar-refractivity contribution in [1.82, 2.24) is 20.2 Å². The zero-order chi connectivity index (χ0) is 34.6. The summed E-state index contributed by atoms with van der Waals surface area (Å²) >= 11 is 5.84. The number of nitrogens with one attached hydrogen (secondary N) is 2. The Morgan fingerprint density at radius 2 is 1.87 bits per heavy atom. The minimum absolute atomic E-state index is 0.00579. The summed E-state index contributed by atoms with van der Waals surface area (Å²) < 4.78 is 24.5. The monoisotopic (exact) mass is 675 g/mol. The average Bonchev–Trinajstić information content (AvgIpc) is 3.05. The smallest absolute Gasteiger partial charge is 0.234 e. The molecule has 4 rings (SSSR count). The molecular formula is C33H47ClFN7O5. The highest BCUT2D eigenvalue weighted by Crippen LogP contribution is 2.35. The van der Waals surface area contributed by atoms with Crippen molar-refractivity contribution in [3.8, 4) is 11.5 Å². The van der Waals surface area contributed by atoms with Gasteiger partial charge in [0, 0.05) is 36.5 Å². The molecule has 0 saturated carbocycles. The van der Waals surface area contributed by atoms with Gasteiger partial charge in [0.25, 0.3) is 0 Å². The molecule has 2 heterocycles. The maximum absolute atomic E-state index is 13.4. The van der Waals surface area contributed by atoms with E-state index in [1.165, 1.54) is 24.9 Å². The van der Waals surface area contributed by atoms with E-state index in [4.69, 9.17) is 32.5 Å². The Morgan fingerprint density at radius 3 is 2.49 bits per heavy atom. The number of likely N-dealkylation sites (N-methyl/N-ethyl adjacent to an activating group) is 2. The number of likely N-dealkylation sites (tertiary alicyclic amines) is 1. The number of fused-ring (bicyclic) bond motifs is 1. The van der Waals surface area contributed by atoms with Crippen molar-refractivity contribution >= 4 is 52.1 Å². The second kappa shape index (κ2) is 21.7. The summed E-state index contributed by atoms with van der Waals surface area (Å²) in [6.07, 6.45) is 10.5. The standard InChI is InChI=1S/C18H18ClFN4O2.C8H15NO2.C7H14N2O/c1-21-5-6-26-17-8-12-15(9-16(17)25-2)22-10-23-18(12)24-11-3-4-14(20)13(19)7-11;9-8(11)6-4-2-1-3-5-7-10;1-9-5-3-2-4-6(9)7(8)10/h3-4,7-10,21H,5-6H2,1-2H3,(H,22,23,24);7H,1-6H2,(H2,9,11);6H,2-5H2,1H3,(H2,8,10). The lowest BCUT2D eigenvalue weighted by Gasteiger charge is -2.29. The maximum atomic E-state index is 13.4. The van der Waals surface area contributed by atoms with Gasteiger partial charge in [-0.1, -0.05) is 30.9 Å². The summed E-state index contributed by atoms with van der Waals surface area (Å²) in [5.41, 5.74) is 11.4. The van der Waals surface area contributed by atoms with Crippen LogP contribution in [0.2, 0.25) is 5.02 Å². The Kier molecular flexibility index (Phi) is 18.0. The van der Waals surface area contributed by atoms with Crippen LogP contribution in [0.25, 0.3) is 10.9 Å². The third-order valence-electron chi connectivity index (χ3n) is 7.31. The first-order valence-corrected chi connectivity index (χ1v) is 16.0. The number of hydrogen-bond donors (Lipinski definition) is 4. The molecule has 0 bridgehead atoms. The number of anilines is 2. The summed E-state index contributed by atoms with van der Waals surface area (Å²) in [4.78, 5) is 41.5. The number of benzene rings is 2. The number of amides is 2. The van der Waals surface area contributed by atoms with Gasteiger partial charge in [-0.25, -0.2) is 14.4 Å². The van der Waals surface area contributed by atoms with Crippen molar-refractivity contribution in [1.29, 1.82) is 0 Å². The number of methoxy groups -OCH3 is 1. The predicted molar refractivity (Wildman–Crippen MR) is 183 cm³/mol. The Bertz CT molecular complexity index is 1430. The molecule has 1 fully saturated rings. The Morgan fingerprint density at radius 1 is 1.11 bits per heavy atom. The lowest BCUT2D eigenvalue weighted by atomic mass is 10.0. The van der Waals surface area contributed by atoms with Crippen LogP contribution in [0.1, 0.15) is 57.8 Å². The number of aromatic nitrogens is 2. The zero-order valence-corrected chi connectivity index (χ0v) is 28.2. The van der Waals surface area contributed by atoms with E-state index in [9.17, 15) is 18.8 Å². The van der Waals surface area contributed by atoms with E-state index < -0.39 is 5.82 Å². The molecule has 0 radical (unpaired) electrons. The van der Waals surface area contributed by atoms with Crippen LogP contribution in [0, 0.1) is 5.82 Å². The van der Waals surface area contributed by atoms with Crippen molar-refractivity contribution < 1.29 is 28.2 Å². The van der Waals surface area contributed by atoms with Crippen molar-refractivity contribution in [3.63, 3.8) is 0 Å². The highest BCUT2D eigenvalue weighted by molar-refractivity contribution is 6.31.